The van der Waals surface area contributed by atoms with Gasteiger partial charge in [-0.15, -0.1) is 0 Å². The van der Waals surface area contributed by atoms with Crippen molar-refractivity contribution in [1.29, 1.82) is 0 Å². The summed E-state index contributed by atoms with van der Waals surface area (Å²) in [6.45, 7) is 1.90. The summed E-state index contributed by atoms with van der Waals surface area (Å²) in [6, 6.07) is 4.79. The second-order valence-electron chi connectivity index (χ2n) is 5.47. The van der Waals surface area contributed by atoms with Crippen LogP contribution in [0.15, 0.2) is 30.6 Å². The predicted octanol–water partition coefficient (Wildman–Crippen LogP) is 1.71. The molecule has 1 N–H and O–H groups in total. The number of halogens is 1. The molecule has 1 aromatic carbocycles. The molecular formula is C17H18FN3O3. The number of nitrogens with one attached hydrogen (secondary N) is 1. The number of carbonyl (C=O) groups is 1. The lowest BCUT2D eigenvalue weighted by atomic mass is 10.0. The van der Waals surface area contributed by atoms with E-state index < -0.39 is 0 Å². The Hall–Kier alpha value is -2.38. The first-order valence-electron chi connectivity index (χ1n) is 7.67. The molecule has 24 heavy (non-hydrogen) atoms. The number of hydrogen-bond donors (Lipinski definition) is 1. The van der Waals surface area contributed by atoms with E-state index in [1.807, 2.05) is 0 Å². The van der Waals surface area contributed by atoms with Crippen LogP contribution in [0.5, 0.6) is 5.88 Å². The molecule has 3 rings (SSSR count). The zero-order valence-corrected chi connectivity index (χ0v) is 13.3. The Morgan fingerprint density at radius 3 is 3.04 bits per heavy atom. The molecule has 0 spiro atoms. The summed E-state index contributed by atoms with van der Waals surface area (Å²) in [5.41, 5.74) is 1.27. The van der Waals surface area contributed by atoms with Crippen LogP contribution in [0, 0.1) is 5.82 Å². The average Bonchev–Trinajstić information content (AvgIpc) is 2.62. The molecule has 2 heterocycles. The molecular weight excluding hydrogens is 313 g/mol. The third kappa shape index (κ3) is 3.74. The van der Waals surface area contributed by atoms with Crippen LogP contribution in [-0.2, 0) is 11.2 Å². The van der Waals surface area contributed by atoms with Crippen molar-refractivity contribution in [3.05, 3.63) is 53.2 Å². The third-order valence-electron chi connectivity index (χ3n) is 3.81. The molecule has 0 unspecified atom stereocenters. The quantitative estimate of drug-likeness (QED) is 0.841. The zero-order valence-electron chi connectivity index (χ0n) is 13.3. The van der Waals surface area contributed by atoms with Gasteiger partial charge in [0, 0.05) is 25.1 Å². The van der Waals surface area contributed by atoms with Crippen molar-refractivity contribution >= 4 is 5.78 Å². The maximum Gasteiger partial charge on any atom is 0.232 e. The molecule has 0 aliphatic carbocycles. The monoisotopic (exact) mass is 331 g/mol. The van der Waals surface area contributed by atoms with Crippen LogP contribution in [0.4, 0.5) is 4.39 Å². The number of morpholine rings is 1. The second-order valence-corrected chi connectivity index (χ2v) is 5.47. The Morgan fingerprint density at radius 1 is 1.46 bits per heavy atom. The number of methoxy groups -OCH3 is 1. The van der Waals surface area contributed by atoms with E-state index in [2.05, 4.69) is 15.3 Å². The summed E-state index contributed by atoms with van der Waals surface area (Å²) in [6.07, 6.45) is 2.54. The number of Topliss-reactive ketones (excluding diaryl/α,β-unsaturated/α-hetero) is 1. The fourth-order valence-electron chi connectivity index (χ4n) is 2.56. The summed E-state index contributed by atoms with van der Waals surface area (Å²) >= 11 is 0. The summed E-state index contributed by atoms with van der Waals surface area (Å²) < 4.78 is 24.8. The van der Waals surface area contributed by atoms with Crippen molar-refractivity contribution in [3.8, 4) is 5.88 Å². The van der Waals surface area contributed by atoms with Gasteiger partial charge < -0.3 is 14.8 Å². The largest absolute Gasteiger partial charge is 0.480 e. The highest BCUT2D eigenvalue weighted by Crippen LogP contribution is 2.23. The molecule has 1 saturated heterocycles. The molecule has 0 saturated carbocycles. The highest BCUT2D eigenvalue weighted by molar-refractivity contribution is 5.95. The van der Waals surface area contributed by atoms with Crippen LogP contribution in [-0.4, -0.2) is 42.6 Å². The first-order valence-corrected chi connectivity index (χ1v) is 7.67. The normalized spacial score (nSPS) is 17.5. The molecule has 0 radical (unpaired) electrons. The Bertz CT molecular complexity index is 733. The predicted molar refractivity (Wildman–Crippen MR) is 84.6 cm³/mol. The average molecular weight is 331 g/mol. The van der Waals surface area contributed by atoms with E-state index in [0.29, 0.717) is 24.3 Å². The molecule has 7 heteroatoms. The molecule has 1 aliphatic rings. The number of rotatable bonds is 5. The van der Waals surface area contributed by atoms with Crippen molar-refractivity contribution in [2.75, 3.05) is 26.8 Å². The van der Waals surface area contributed by atoms with E-state index in [1.165, 1.54) is 25.6 Å². The maximum absolute atomic E-state index is 14.3. The van der Waals surface area contributed by atoms with Crippen LogP contribution in [0.25, 0.3) is 0 Å². The highest BCUT2D eigenvalue weighted by atomic mass is 19.1. The van der Waals surface area contributed by atoms with Crippen LogP contribution >= 0.6 is 0 Å². The van der Waals surface area contributed by atoms with Crippen molar-refractivity contribution in [2.24, 2.45) is 0 Å². The van der Waals surface area contributed by atoms with E-state index in [1.54, 1.807) is 12.1 Å². The third-order valence-corrected chi connectivity index (χ3v) is 3.81. The summed E-state index contributed by atoms with van der Waals surface area (Å²) in [5.74, 6) is -0.348. The first-order chi connectivity index (χ1) is 11.7. The first kappa shape index (κ1) is 16.5. The smallest absolute Gasteiger partial charge is 0.232 e. The van der Waals surface area contributed by atoms with Gasteiger partial charge in [-0.05, 0) is 11.6 Å². The van der Waals surface area contributed by atoms with Crippen LogP contribution < -0.4 is 10.1 Å². The number of benzene rings is 1. The number of ether oxygens (including phenoxy) is 2. The molecule has 0 amide bonds. The van der Waals surface area contributed by atoms with E-state index in [4.69, 9.17) is 9.47 Å². The molecule has 1 atom stereocenters. The van der Waals surface area contributed by atoms with Gasteiger partial charge in [-0.3, -0.25) is 9.78 Å². The van der Waals surface area contributed by atoms with Crippen LogP contribution in [0.2, 0.25) is 0 Å². The topological polar surface area (TPSA) is 73.3 Å². The molecule has 0 bridgehead atoms. The fourth-order valence-corrected chi connectivity index (χ4v) is 2.56. The zero-order chi connectivity index (χ0) is 16.9. The molecule has 1 aromatic heterocycles. The molecule has 6 nitrogen and oxygen atoms in total. The number of carbonyl (C=O) groups excluding carboxylic acids is 1. The van der Waals surface area contributed by atoms with Gasteiger partial charge in [0.1, 0.15) is 11.5 Å². The standard InChI is InChI=1S/C17H18FN3O3/c1-23-17-10-20-8-14(21-17)15(22)7-11-2-3-12(13(18)6-11)16-9-19-4-5-24-16/h2-3,6,8,10,16,19H,4-5,7,9H2,1H3/t16-/m1/s1. The molecule has 2 aromatic rings. The van der Waals surface area contributed by atoms with Crippen molar-refractivity contribution < 1.29 is 18.7 Å². The lowest BCUT2D eigenvalue weighted by Crippen LogP contribution is -2.33. The van der Waals surface area contributed by atoms with Gasteiger partial charge in [-0.25, -0.2) is 9.37 Å². The van der Waals surface area contributed by atoms with Crippen molar-refractivity contribution in [2.45, 2.75) is 12.5 Å². The number of aromatic nitrogens is 2. The lowest BCUT2D eigenvalue weighted by molar-refractivity contribution is 0.0255. The molecule has 1 aliphatic heterocycles. The summed E-state index contributed by atoms with van der Waals surface area (Å²) in [4.78, 5) is 20.2. The fraction of sp³-hybridized carbons (Fsp3) is 0.353. The van der Waals surface area contributed by atoms with Gasteiger partial charge in [-0.1, -0.05) is 12.1 Å². The minimum absolute atomic E-state index is 0.0445. The maximum atomic E-state index is 14.3. The van der Waals surface area contributed by atoms with E-state index in [0.717, 1.165) is 6.54 Å². The van der Waals surface area contributed by atoms with E-state index >= 15 is 0 Å². The lowest BCUT2D eigenvalue weighted by Gasteiger charge is -2.24. The molecule has 1 fully saturated rings. The van der Waals surface area contributed by atoms with Gasteiger partial charge >= 0.3 is 0 Å². The number of nitrogens with zero attached hydrogens (tertiary/aromatic N) is 2. The second kappa shape index (κ2) is 7.46. The van der Waals surface area contributed by atoms with Crippen LogP contribution in [0.1, 0.15) is 27.7 Å². The summed E-state index contributed by atoms with van der Waals surface area (Å²) in [7, 11) is 1.45. The van der Waals surface area contributed by atoms with Gasteiger partial charge in [0.15, 0.2) is 5.78 Å². The Morgan fingerprint density at radius 2 is 2.33 bits per heavy atom. The Kier molecular flexibility index (Phi) is 5.12. The van der Waals surface area contributed by atoms with Crippen molar-refractivity contribution in [1.82, 2.24) is 15.3 Å². The SMILES string of the molecule is COc1cncc(C(=O)Cc2ccc([C@H]3CNCCO3)c(F)c2)n1. The van der Waals surface area contributed by atoms with Gasteiger partial charge in [0.2, 0.25) is 5.88 Å². The van der Waals surface area contributed by atoms with E-state index in [9.17, 15) is 9.18 Å². The minimum Gasteiger partial charge on any atom is -0.480 e. The Balaban J connectivity index is 1.73. The van der Waals surface area contributed by atoms with Gasteiger partial charge in [0.05, 0.1) is 32.2 Å². The van der Waals surface area contributed by atoms with Gasteiger partial charge in [0.25, 0.3) is 0 Å². The number of hydrogen-bond acceptors (Lipinski definition) is 6. The molecule has 126 valence electrons. The highest BCUT2D eigenvalue weighted by Gasteiger charge is 2.20. The number of ketones is 1. The Labute approximate surface area is 139 Å². The van der Waals surface area contributed by atoms with Crippen LogP contribution in [0.3, 0.4) is 0 Å². The minimum atomic E-state index is -0.370. The van der Waals surface area contributed by atoms with Gasteiger partial charge in [-0.2, -0.15) is 0 Å². The summed E-state index contributed by atoms with van der Waals surface area (Å²) in [5, 5.41) is 3.17. The van der Waals surface area contributed by atoms with E-state index in [-0.39, 0.29) is 35.7 Å². The van der Waals surface area contributed by atoms with Crippen molar-refractivity contribution in [3.63, 3.8) is 0 Å².